The molecule has 0 spiro atoms. The van der Waals surface area contributed by atoms with E-state index >= 15 is 0 Å². The first-order chi connectivity index (χ1) is 5.75. The molecule has 0 radical (unpaired) electrons. The van der Waals surface area contributed by atoms with Crippen LogP contribution in [0.1, 0.15) is 25.7 Å². The fourth-order valence-electron chi connectivity index (χ4n) is 1.84. The monoisotopic (exact) mass is 173 g/mol. The van der Waals surface area contributed by atoms with Crippen molar-refractivity contribution in [3.05, 3.63) is 0 Å². The Labute approximate surface area is 72.0 Å². The van der Waals surface area contributed by atoms with E-state index in [2.05, 4.69) is 4.84 Å². The van der Waals surface area contributed by atoms with Crippen molar-refractivity contribution in [2.24, 2.45) is 11.3 Å². The van der Waals surface area contributed by atoms with E-state index in [4.69, 9.17) is 10.6 Å². The zero-order valence-electron chi connectivity index (χ0n) is 7.34. The first-order valence-corrected chi connectivity index (χ1v) is 4.15. The lowest BCUT2D eigenvalue weighted by Crippen LogP contribution is -2.35. The molecular formula is C8H15NO3. The van der Waals surface area contributed by atoms with E-state index in [1.54, 1.807) is 0 Å². The van der Waals surface area contributed by atoms with Crippen molar-refractivity contribution < 1.29 is 14.4 Å². The van der Waals surface area contributed by atoms with Gasteiger partial charge >= 0.3 is 5.97 Å². The molecule has 0 amide bonds. The van der Waals surface area contributed by atoms with Gasteiger partial charge in [0.15, 0.2) is 0 Å². The third-order valence-electron chi connectivity index (χ3n) is 2.54. The van der Waals surface area contributed by atoms with Gasteiger partial charge in [-0.3, -0.25) is 4.79 Å². The number of carbonyl (C=O) groups excluding carboxylic acids is 1. The van der Waals surface area contributed by atoms with Gasteiger partial charge in [-0.1, -0.05) is 12.8 Å². The van der Waals surface area contributed by atoms with Gasteiger partial charge in [0.2, 0.25) is 0 Å². The molecule has 0 aliphatic heterocycles. The number of nitrogens with two attached hydrogens (primary N) is 1. The van der Waals surface area contributed by atoms with Crippen LogP contribution < -0.4 is 5.90 Å². The molecule has 0 atom stereocenters. The third kappa shape index (κ3) is 1.59. The van der Waals surface area contributed by atoms with Gasteiger partial charge in [-0.05, 0) is 12.8 Å². The standard InChI is InChI=1S/C8H15NO3/c1-11-7(10)8(6-12-9)4-2-3-5-8/h2-6,9H2,1H3. The predicted octanol–water partition coefficient (Wildman–Crippen LogP) is 0.610. The molecule has 0 aromatic heterocycles. The third-order valence-corrected chi connectivity index (χ3v) is 2.54. The Hall–Kier alpha value is -0.610. The Morgan fingerprint density at radius 1 is 1.50 bits per heavy atom. The van der Waals surface area contributed by atoms with Crippen LogP contribution in [0.3, 0.4) is 0 Å². The summed E-state index contributed by atoms with van der Waals surface area (Å²) >= 11 is 0. The number of rotatable bonds is 3. The molecule has 12 heavy (non-hydrogen) atoms. The van der Waals surface area contributed by atoms with Crippen LogP contribution in [-0.4, -0.2) is 19.7 Å². The SMILES string of the molecule is COC(=O)C1(CON)CCCC1. The van der Waals surface area contributed by atoms with E-state index in [-0.39, 0.29) is 12.6 Å². The molecule has 2 N–H and O–H groups in total. The largest absolute Gasteiger partial charge is 0.469 e. The highest BCUT2D eigenvalue weighted by Gasteiger charge is 2.42. The van der Waals surface area contributed by atoms with Crippen molar-refractivity contribution >= 4 is 5.97 Å². The molecule has 1 aliphatic rings. The van der Waals surface area contributed by atoms with Gasteiger partial charge in [0.05, 0.1) is 19.1 Å². The second-order valence-electron chi connectivity index (χ2n) is 3.29. The van der Waals surface area contributed by atoms with Crippen LogP contribution in [0.2, 0.25) is 0 Å². The van der Waals surface area contributed by atoms with E-state index in [1.807, 2.05) is 0 Å². The maximum Gasteiger partial charge on any atom is 0.314 e. The molecule has 0 unspecified atom stereocenters. The summed E-state index contributed by atoms with van der Waals surface area (Å²) in [4.78, 5) is 15.9. The lowest BCUT2D eigenvalue weighted by Gasteiger charge is -2.23. The lowest BCUT2D eigenvalue weighted by atomic mass is 9.87. The van der Waals surface area contributed by atoms with Crippen LogP contribution in [0.4, 0.5) is 0 Å². The van der Waals surface area contributed by atoms with Crippen LogP contribution in [0.5, 0.6) is 0 Å². The Bertz CT molecular complexity index is 164. The van der Waals surface area contributed by atoms with Crippen LogP contribution in [-0.2, 0) is 14.4 Å². The minimum Gasteiger partial charge on any atom is -0.469 e. The molecule has 4 heteroatoms. The maximum absolute atomic E-state index is 11.4. The molecular weight excluding hydrogens is 158 g/mol. The summed E-state index contributed by atoms with van der Waals surface area (Å²) < 4.78 is 4.72. The minimum absolute atomic E-state index is 0.189. The van der Waals surface area contributed by atoms with Crippen molar-refractivity contribution in [2.45, 2.75) is 25.7 Å². The Morgan fingerprint density at radius 2 is 2.08 bits per heavy atom. The van der Waals surface area contributed by atoms with E-state index < -0.39 is 5.41 Å². The number of hydrogen-bond acceptors (Lipinski definition) is 4. The summed E-state index contributed by atoms with van der Waals surface area (Å²) in [6.07, 6.45) is 3.77. The molecule has 1 saturated carbocycles. The Kier molecular flexibility index (Phi) is 3.05. The van der Waals surface area contributed by atoms with E-state index in [0.717, 1.165) is 25.7 Å². The molecule has 0 heterocycles. The quantitative estimate of drug-likeness (QED) is 0.501. The van der Waals surface area contributed by atoms with Crippen LogP contribution in [0, 0.1) is 5.41 Å². The zero-order valence-corrected chi connectivity index (χ0v) is 7.34. The van der Waals surface area contributed by atoms with Crippen LogP contribution in [0.25, 0.3) is 0 Å². The molecule has 70 valence electrons. The highest BCUT2D eigenvalue weighted by Crippen LogP contribution is 2.39. The highest BCUT2D eigenvalue weighted by molar-refractivity contribution is 5.77. The molecule has 4 nitrogen and oxygen atoms in total. The van der Waals surface area contributed by atoms with E-state index in [1.165, 1.54) is 7.11 Å². The van der Waals surface area contributed by atoms with Crippen LogP contribution >= 0.6 is 0 Å². The second kappa shape index (κ2) is 3.87. The first kappa shape index (κ1) is 9.48. The fourth-order valence-corrected chi connectivity index (χ4v) is 1.84. The summed E-state index contributed by atoms with van der Waals surface area (Å²) in [5, 5.41) is 0. The van der Waals surface area contributed by atoms with Gasteiger partial charge in [-0.25, -0.2) is 5.90 Å². The molecule has 0 aromatic rings. The van der Waals surface area contributed by atoms with Crippen molar-refractivity contribution in [1.29, 1.82) is 0 Å². The molecule has 0 saturated heterocycles. The van der Waals surface area contributed by atoms with Gasteiger partial charge in [-0.15, -0.1) is 0 Å². The minimum atomic E-state index is -0.455. The fraction of sp³-hybridized carbons (Fsp3) is 0.875. The number of ether oxygens (including phenoxy) is 1. The molecule has 0 bridgehead atoms. The van der Waals surface area contributed by atoms with Gasteiger partial charge in [0.1, 0.15) is 0 Å². The number of methoxy groups -OCH3 is 1. The topological polar surface area (TPSA) is 61.5 Å². The average Bonchev–Trinajstić information content (AvgIpc) is 2.53. The summed E-state index contributed by atoms with van der Waals surface area (Å²) in [6, 6.07) is 0. The van der Waals surface area contributed by atoms with Gasteiger partial charge in [-0.2, -0.15) is 0 Å². The summed E-state index contributed by atoms with van der Waals surface area (Å²) in [5.74, 6) is 4.79. The molecule has 1 fully saturated rings. The summed E-state index contributed by atoms with van der Waals surface area (Å²) in [7, 11) is 1.40. The summed E-state index contributed by atoms with van der Waals surface area (Å²) in [5.41, 5.74) is -0.455. The van der Waals surface area contributed by atoms with Crippen molar-refractivity contribution in [3.63, 3.8) is 0 Å². The Balaban J connectivity index is 2.64. The zero-order chi connectivity index (χ0) is 9.03. The molecule has 1 rings (SSSR count). The highest BCUT2D eigenvalue weighted by atomic mass is 16.6. The van der Waals surface area contributed by atoms with Crippen LogP contribution in [0.15, 0.2) is 0 Å². The molecule has 0 aromatic carbocycles. The molecule has 1 aliphatic carbocycles. The Morgan fingerprint density at radius 3 is 2.50 bits per heavy atom. The maximum atomic E-state index is 11.4. The van der Waals surface area contributed by atoms with Gasteiger partial charge < -0.3 is 9.57 Å². The second-order valence-corrected chi connectivity index (χ2v) is 3.29. The van der Waals surface area contributed by atoms with Crippen molar-refractivity contribution in [2.75, 3.05) is 13.7 Å². The van der Waals surface area contributed by atoms with E-state index in [0.29, 0.717) is 0 Å². The predicted molar refractivity (Wildman–Crippen MR) is 43.1 cm³/mol. The number of hydrogen-bond donors (Lipinski definition) is 1. The summed E-state index contributed by atoms with van der Waals surface area (Å²) in [6.45, 7) is 0.277. The number of carbonyl (C=O) groups is 1. The first-order valence-electron chi connectivity index (χ1n) is 4.15. The van der Waals surface area contributed by atoms with Crippen molar-refractivity contribution in [3.8, 4) is 0 Å². The smallest absolute Gasteiger partial charge is 0.314 e. The van der Waals surface area contributed by atoms with E-state index in [9.17, 15) is 4.79 Å². The number of esters is 1. The van der Waals surface area contributed by atoms with Crippen molar-refractivity contribution in [1.82, 2.24) is 0 Å². The normalized spacial score (nSPS) is 20.8. The lowest BCUT2D eigenvalue weighted by molar-refractivity contribution is -0.156. The average molecular weight is 173 g/mol. The van der Waals surface area contributed by atoms with Gasteiger partial charge in [0, 0.05) is 0 Å². The van der Waals surface area contributed by atoms with Gasteiger partial charge in [0.25, 0.3) is 0 Å².